The van der Waals surface area contributed by atoms with Crippen molar-refractivity contribution in [3.8, 4) is 5.75 Å². The number of fused-ring (bicyclic) bond motifs is 2. The summed E-state index contributed by atoms with van der Waals surface area (Å²) in [5.41, 5.74) is 3.78. The first-order valence-electron chi connectivity index (χ1n) is 21.3. The molecule has 5 heterocycles. The zero-order chi connectivity index (χ0) is 44.0. The van der Waals surface area contributed by atoms with Crippen LogP contribution in [-0.4, -0.2) is 131 Å². The number of anilines is 4. The smallest absolute Gasteiger partial charge is 0.255 e. The molecule has 330 valence electrons. The Morgan fingerprint density at radius 2 is 1.79 bits per heavy atom. The summed E-state index contributed by atoms with van der Waals surface area (Å²) >= 11 is 5.97. The van der Waals surface area contributed by atoms with E-state index in [9.17, 15) is 28.4 Å². The number of nitrogens with one attached hydrogen (secondary N) is 4. The third kappa shape index (κ3) is 10.1. The van der Waals surface area contributed by atoms with Crippen LogP contribution in [0.4, 0.5) is 27.3 Å². The van der Waals surface area contributed by atoms with E-state index in [1.165, 1.54) is 31.6 Å². The van der Waals surface area contributed by atoms with Crippen molar-refractivity contribution in [2.45, 2.75) is 57.2 Å². The van der Waals surface area contributed by atoms with Crippen molar-refractivity contribution in [1.29, 1.82) is 0 Å². The number of ether oxygens (including phenoxy) is 1. The summed E-state index contributed by atoms with van der Waals surface area (Å²) in [5.74, 6) is -0.759. The molecule has 4 aliphatic rings. The molecule has 0 bridgehead atoms. The van der Waals surface area contributed by atoms with Gasteiger partial charge in [0, 0.05) is 105 Å². The molecule has 1 atom stereocenters. The molecule has 5 amide bonds. The molecule has 1 unspecified atom stereocenters. The molecule has 0 spiro atoms. The lowest BCUT2D eigenvalue weighted by molar-refractivity contribution is -0.137. The minimum absolute atomic E-state index is 0.0222. The van der Waals surface area contributed by atoms with Gasteiger partial charge >= 0.3 is 0 Å². The fourth-order valence-electron chi connectivity index (χ4n) is 8.82. The molecule has 8 rings (SSSR count). The Bertz CT molecular complexity index is 2440. The Labute approximate surface area is 369 Å². The fourth-order valence-corrected chi connectivity index (χ4v) is 9.00. The van der Waals surface area contributed by atoms with Crippen LogP contribution in [0.2, 0.25) is 5.02 Å². The SMILES string of the molecule is COc1cc2ncnc(Nc3ccc(F)c(Cl)c3)c2cc1NC(=O)/C=C/CN1CCC(N2CCN(C(=O)CCCNc3cccc4c3CN(C3CCC(=O)NC3=O)C4=O)CC2)CC1. The van der Waals surface area contributed by atoms with Crippen LogP contribution in [0.1, 0.15) is 54.4 Å². The first kappa shape index (κ1) is 43.5. The number of piperidine rings is 2. The number of benzene rings is 3. The Kier molecular flexibility index (Phi) is 13.4. The summed E-state index contributed by atoms with van der Waals surface area (Å²) < 4.78 is 19.3. The van der Waals surface area contributed by atoms with Gasteiger partial charge in [-0.15, -0.1) is 0 Å². The van der Waals surface area contributed by atoms with E-state index in [1.54, 1.807) is 29.2 Å². The Hall–Kier alpha value is -6.17. The maximum atomic E-state index is 13.7. The van der Waals surface area contributed by atoms with Crippen LogP contribution in [0.15, 0.2) is 67.0 Å². The first-order chi connectivity index (χ1) is 30.5. The van der Waals surface area contributed by atoms with E-state index in [-0.39, 0.29) is 35.1 Å². The number of imide groups is 1. The van der Waals surface area contributed by atoms with E-state index in [1.807, 2.05) is 23.1 Å². The highest BCUT2D eigenvalue weighted by Crippen LogP contribution is 2.35. The number of rotatable bonds is 14. The van der Waals surface area contributed by atoms with E-state index < -0.39 is 17.8 Å². The molecule has 3 saturated heterocycles. The predicted molar refractivity (Wildman–Crippen MR) is 236 cm³/mol. The minimum atomic E-state index is -0.665. The van der Waals surface area contributed by atoms with E-state index in [2.05, 4.69) is 41.0 Å². The van der Waals surface area contributed by atoms with Crippen LogP contribution in [0.5, 0.6) is 5.75 Å². The number of hydrogen-bond acceptors (Lipinski definition) is 12. The lowest BCUT2D eigenvalue weighted by Crippen LogP contribution is -2.54. The van der Waals surface area contributed by atoms with Gasteiger partial charge < -0.3 is 30.5 Å². The monoisotopic (exact) mass is 880 g/mol. The van der Waals surface area contributed by atoms with E-state index in [4.69, 9.17) is 16.3 Å². The maximum absolute atomic E-state index is 13.7. The van der Waals surface area contributed by atoms with Gasteiger partial charge in [-0.3, -0.25) is 39.1 Å². The number of amides is 5. The predicted octanol–water partition coefficient (Wildman–Crippen LogP) is 4.93. The van der Waals surface area contributed by atoms with Crippen LogP contribution in [0, 0.1) is 5.82 Å². The van der Waals surface area contributed by atoms with Crippen molar-refractivity contribution >= 4 is 74.9 Å². The third-order valence-corrected chi connectivity index (χ3v) is 12.5. The maximum Gasteiger partial charge on any atom is 0.255 e. The van der Waals surface area contributed by atoms with Gasteiger partial charge in [0.1, 0.15) is 29.8 Å². The summed E-state index contributed by atoms with van der Waals surface area (Å²) in [6, 6.07) is 13.0. The van der Waals surface area contributed by atoms with Crippen molar-refractivity contribution in [2.24, 2.45) is 0 Å². The highest BCUT2D eigenvalue weighted by molar-refractivity contribution is 6.31. The summed E-state index contributed by atoms with van der Waals surface area (Å²) in [7, 11) is 1.52. The second-order valence-electron chi connectivity index (χ2n) is 16.1. The second-order valence-corrected chi connectivity index (χ2v) is 16.6. The standard InChI is InChI=1S/C45H50ClFN10O6/c1-63-39-25-36-31(43(50-27-49-36)51-28-9-10-34(47)33(46)23-28)24-37(39)52-40(58)7-4-16-54-17-13-29(14-18-54)55-19-21-56(22-20-55)42(60)8-3-15-48-35-6-2-5-30-32(35)26-57(45(30)62)38-11-12-41(59)53-44(38)61/h2,4-7,9-10,23-25,27,29,38,48H,3,8,11-22,26H2,1H3,(H,52,58)(H,49,50,51)(H,53,59,61)/b7-4+. The lowest BCUT2D eigenvalue weighted by Gasteiger charge is -2.42. The molecule has 4 aromatic rings. The number of methoxy groups -OCH3 is 1. The number of piperazine rings is 1. The Morgan fingerprint density at radius 3 is 2.56 bits per heavy atom. The van der Waals surface area contributed by atoms with Gasteiger partial charge in [-0.1, -0.05) is 23.7 Å². The van der Waals surface area contributed by atoms with E-state index in [0.717, 1.165) is 50.3 Å². The Balaban J connectivity index is 0.742. The number of hydrogen-bond donors (Lipinski definition) is 4. The number of likely N-dealkylation sites (tertiary alicyclic amines) is 1. The lowest BCUT2D eigenvalue weighted by atomic mass is 10.0. The van der Waals surface area contributed by atoms with E-state index >= 15 is 0 Å². The second kappa shape index (κ2) is 19.5. The van der Waals surface area contributed by atoms with Crippen molar-refractivity contribution in [3.63, 3.8) is 0 Å². The zero-order valence-corrected chi connectivity index (χ0v) is 35.8. The van der Waals surface area contributed by atoms with Gasteiger partial charge in [-0.25, -0.2) is 14.4 Å². The summed E-state index contributed by atoms with van der Waals surface area (Å²) in [4.78, 5) is 80.5. The van der Waals surface area contributed by atoms with Crippen LogP contribution >= 0.6 is 11.6 Å². The molecule has 63 heavy (non-hydrogen) atoms. The van der Waals surface area contributed by atoms with E-state index in [0.29, 0.717) is 97.4 Å². The molecule has 0 saturated carbocycles. The quantitative estimate of drug-likeness (QED) is 0.0764. The molecular formula is C45H50ClFN10O6. The first-order valence-corrected chi connectivity index (χ1v) is 21.7. The van der Waals surface area contributed by atoms with Gasteiger partial charge in [0.25, 0.3) is 5.91 Å². The number of nitrogens with zero attached hydrogens (tertiary/aromatic N) is 6. The minimum Gasteiger partial charge on any atom is -0.494 e. The summed E-state index contributed by atoms with van der Waals surface area (Å²) in [5, 5.41) is 12.4. The average Bonchev–Trinajstić information content (AvgIpc) is 3.62. The number of halogens is 2. The molecule has 0 radical (unpaired) electrons. The summed E-state index contributed by atoms with van der Waals surface area (Å²) in [6.45, 7) is 6.39. The van der Waals surface area contributed by atoms with Gasteiger partial charge in [-0.05, 0) is 75.2 Å². The van der Waals surface area contributed by atoms with Crippen LogP contribution < -0.4 is 26.0 Å². The van der Waals surface area contributed by atoms with Gasteiger partial charge in [0.2, 0.25) is 23.6 Å². The largest absolute Gasteiger partial charge is 0.494 e. The Morgan fingerprint density at radius 1 is 0.984 bits per heavy atom. The fraction of sp³-hybridized carbons (Fsp3) is 0.400. The van der Waals surface area contributed by atoms with Gasteiger partial charge in [-0.2, -0.15) is 0 Å². The number of aromatic nitrogens is 2. The average molecular weight is 881 g/mol. The van der Waals surface area contributed by atoms with Crippen LogP contribution in [0.3, 0.4) is 0 Å². The molecule has 0 aliphatic carbocycles. The van der Waals surface area contributed by atoms with Crippen molar-refractivity contribution < 1.29 is 33.1 Å². The van der Waals surface area contributed by atoms with Crippen LogP contribution in [-0.2, 0) is 25.7 Å². The molecule has 1 aromatic heterocycles. The molecule has 3 fully saturated rings. The zero-order valence-electron chi connectivity index (χ0n) is 35.0. The molecular weight excluding hydrogens is 831 g/mol. The topological polar surface area (TPSA) is 181 Å². The summed E-state index contributed by atoms with van der Waals surface area (Å²) in [6.07, 6.45) is 8.40. The molecule has 4 N–H and O–H groups in total. The van der Waals surface area contributed by atoms with Crippen molar-refractivity contribution in [1.82, 2.24) is 34.9 Å². The van der Waals surface area contributed by atoms with Crippen LogP contribution in [0.25, 0.3) is 10.9 Å². The van der Waals surface area contributed by atoms with Crippen molar-refractivity contribution in [3.05, 3.63) is 89.0 Å². The molecule has 4 aliphatic heterocycles. The van der Waals surface area contributed by atoms with Gasteiger partial charge in [0.15, 0.2) is 0 Å². The molecule has 18 heteroatoms. The normalized spacial score (nSPS) is 18.8. The van der Waals surface area contributed by atoms with Gasteiger partial charge in [0.05, 0.1) is 23.3 Å². The highest BCUT2D eigenvalue weighted by Gasteiger charge is 2.40. The highest BCUT2D eigenvalue weighted by atomic mass is 35.5. The number of carbonyl (C=O) groups is 5. The third-order valence-electron chi connectivity index (χ3n) is 12.2. The molecule has 3 aromatic carbocycles. The number of carbonyl (C=O) groups excluding carboxylic acids is 5. The van der Waals surface area contributed by atoms with Crippen molar-refractivity contribution in [2.75, 3.05) is 75.4 Å². The molecule has 16 nitrogen and oxygen atoms in total.